The highest BCUT2D eigenvalue weighted by Crippen LogP contribution is 2.54. The Bertz CT molecular complexity index is 120. The second-order valence-corrected chi connectivity index (χ2v) is 4.34. The van der Waals surface area contributed by atoms with E-state index < -0.39 is 0 Å². The van der Waals surface area contributed by atoms with Crippen LogP contribution in [0.1, 0.15) is 33.6 Å². The van der Waals surface area contributed by atoms with Gasteiger partial charge in [-0.15, -0.1) is 0 Å². The Morgan fingerprint density at radius 2 is 2.20 bits per heavy atom. The summed E-state index contributed by atoms with van der Waals surface area (Å²) in [5.74, 6) is 1.59. The molecule has 2 atom stereocenters. The summed E-state index contributed by atoms with van der Waals surface area (Å²) < 4.78 is 0. The summed E-state index contributed by atoms with van der Waals surface area (Å²) in [7, 11) is 0. The first-order valence-electron chi connectivity index (χ1n) is 4.19. The Morgan fingerprint density at radius 1 is 1.60 bits per heavy atom. The van der Waals surface area contributed by atoms with Crippen LogP contribution in [0.2, 0.25) is 0 Å². The van der Waals surface area contributed by atoms with Gasteiger partial charge in [-0.25, -0.2) is 0 Å². The lowest BCUT2D eigenvalue weighted by atomic mass is 10.0. The summed E-state index contributed by atoms with van der Waals surface area (Å²) in [5, 5.41) is 8.95. The number of hydrogen-bond donors (Lipinski definition) is 1. The van der Waals surface area contributed by atoms with Crippen LogP contribution in [-0.2, 0) is 0 Å². The minimum absolute atomic E-state index is 0.296. The molecule has 1 N–H and O–H groups in total. The number of aliphatic hydroxyl groups is 1. The summed E-state index contributed by atoms with van der Waals surface area (Å²) in [6.07, 6.45) is 2.53. The zero-order valence-corrected chi connectivity index (χ0v) is 7.22. The topological polar surface area (TPSA) is 20.2 Å². The molecule has 0 amide bonds. The van der Waals surface area contributed by atoms with Gasteiger partial charge in [-0.05, 0) is 30.1 Å². The van der Waals surface area contributed by atoms with Crippen molar-refractivity contribution in [2.45, 2.75) is 33.6 Å². The first kappa shape index (κ1) is 8.06. The minimum atomic E-state index is 0.296. The molecule has 0 radical (unpaired) electrons. The van der Waals surface area contributed by atoms with E-state index in [4.69, 9.17) is 5.11 Å². The van der Waals surface area contributed by atoms with Gasteiger partial charge >= 0.3 is 0 Å². The maximum Gasteiger partial charge on any atom is 0.0487 e. The fourth-order valence-electron chi connectivity index (χ4n) is 1.63. The molecule has 1 fully saturated rings. The van der Waals surface area contributed by atoms with Gasteiger partial charge in [0.25, 0.3) is 0 Å². The van der Waals surface area contributed by atoms with Crippen LogP contribution in [0.4, 0.5) is 0 Å². The van der Waals surface area contributed by atoms with E-state index in [2.05, 4.69) is 20.8 Å². The SMILES string of the molecule is CC(C)C[C@H]1C[C@@]1(C)CO. The van der Waals surface area contributed by atoms with Crippen LogP contribution >= 0.6 is 0 Å². The average Bonchev–Trinajstić information content (AvgIpc) is 2.43. The van der Waals surface area contributed by atoms with E-state index in [-0.39, 0.29) is 0 Å². The van der Waals surface area contributed by atoms with Crippen LogP contribution < -0.4 is 0 Å². The molecule has 1 aliphatic rings. The van der Waals surface area contributed by atoms with Gasteiger partial charge < -0.3 is 5.11 Å². The van der Waals surface area contributed by atoms with Gasteiger partial charge in [0, 0.05) is 6.61 Å². The van der Waals surface area contributed by atoms with Crippen molar-refractivity contribution >= 4 is 0 Å². The van der Waals surface area contributed by atoms with E-state index in [1.54, 1.807) is 0 Å². The lowest BCUT2D eigenvalue weighted by Crippen LogP contribution is -2.05. The predicted molar refractivity (Wildman–Crippen MR) is 42.8 cm³/mol. The first-order valence-corrected chi connectivity index (χ1v) is 4.19. The van der Waals surface area contributed by atoms with E-state index in [0.717, 1.165) is 11.8 Å². The molecule has 0 aliphatic heterocycles. The van der Waals surface area contributed by atoms with Crippen LogP contribution in [-0.4, -0.2) is 11.7 Å². The summed E-state index contributed by atoms with van der Waals surface area (Å²) in [5.41, 5.74) is 0.296. The molecule has 1 heteroatoms. The van der Waals surface area contributed by atoms with E-state index in [1.165, 1.54) is 12.8 Å². The van der Waals surface area contributed by atoms with Crippen LogP contribution in [0.5, 0.6) is 0 Å². The Labute approximate surface area is 63.4 Å². The molecule has 1 rings (SSSR count). The molecule has 0 bridgehead atoms. The third-order valence-corrected chi connectivity index (χ3v) is 2.66. The van der Waals surface area contributed by atoms with E-state index in [1.807, 2.05) is 0 Å². The number of hydrogen-bond acceptors (Lipinski definition) is 1. The van der Waals surface area contributed by atoms with Gasteiger partial charge in [0.15, 0.2) is 0 Å². The molecule has 0 unspecified atom stereocenters. The third kappa shape index (κ3) is 1.51. The van der Waals surface area contributed by atoms with Crippen molar-refractivity contribution in [2.24, 2.45) is 17.3 Å². The van der Waals surface area contributed by atoms with Gasteiger partial charge in [-0.2, -0.15) is 0 Å². The van der Waals surface area contributed by atoms with E-state index in [0.29, 0.717) is 12.0 Å². The van der Waals surface area contributed by atoms with Gasteiger partial charge in [0.05, 0.1) is 0 Å². The van der Waals surface area contributed by atoms with Crippen LogP contribution in [0.15, 0.2) is 0 Å². The highest BCUT2D eigenvalue weighted by Gasteiger charge is 2.48. The Balaban J connectivity index is 2.24. The molecule has 0 aromatic rings. The quantitative estimate of drug-likeness (QED) is 0.639. The van der Waals surface area contributed by atoms with E-state index >= 15 is 0 Å². The molecule has 0 aromatic heterocycles. The molecule has 0 spiro atoms. The van der Waals surface area contributed by atoms with Crippen LogP contribution in [0.25, 0.3) is 0 Å². The van der Waals surface area contributed by atoms with Gasteiger partial charge in [0.1, 0.15) is 0 Å². The fourth-order valence-corrected chi connectivity index (χ4v) is 1.63. The summed E-state index contributed by atoms with van der Waals surface area (Å²) >= 11 is 0. The van der Waals surface area contributed by atoms with Crippen molar-refractivity contribution in [1.29, 1.82) is 0 Å². The molecule has 1 saturated carbocycles. The summed E-state index contributed by atoms with van der Waals surface area (Å²) in [6, 6.07) is 0. The zero-order chi connectivity index (χ0) is 7.78. The lowest BCUT2D eigenvalue weighted by molar-refractivity contribution is 0.207. The second-order valence-electron chi connectivity index (χ2n) is 4.34. The van der Waals surface area contributed by atoms with Crippen LogP contribution in [0.3, 0.4) is 0 Å². The highest BCUT2D eigenvalue weighted by atomic mass is 16.3. The third-order valence-electron chi connectivity index (χ3n) is 2.66. The molecular formula is C9H18O. The zero-order valence-electron chi connectivity index (χ0n) is 7.22. The van der Waals surface area contributed by atoms with Crippen LogP contribution in [0, 0.1) is 17.3 Å². The molecule has 0 heterocycles. The molecule has 10 heavy (non-hydrogen) atoms. The van der Waals surface area contributed by atoms with Gasteiger partial charge in [-0.1, -0.05) is 20.8 Å². The lowest BCUT2D eigenvalue weighted by Gasteiger charge is -2.07. The van der Waals surface area contributed by atoms with Gasteiger partial charge in [-0.3, -0.25) is 0 Å². The predicted octanol–water partition coefficient (Wildman–Crippen LogP) is 2.05. The standard InChI is InChI=1S/C9H18O/c1-7(2)4-8-5-9(8,3)6-10/h7-8,10H,4-6H2,1-3H3/t8-,9-/m0/s1. The molecule has 60 valence electrons. The average molecular weight is 142 g/mol. The monoisotopic (exact) mass is 142 g/mol. The van der Waals surface area contributed by atoms with E-state index in [9.17, 15) is 0 Å². The number of rotatable bonds is 3. The van der Waals surface area contributed by atoms with Crippen molar-refractivity contribution in [3.63, 3.8) is 0 Å². The first-order chi connectivity index (χ1) is 4.58. The summed E-state index contributed by atoms with van der Waals surface area (Å²) in [4.78, 5) is 0. The maximum absolute atomic E-state index is 8.95. The smallest absolute Gasteiger partial charge is 0.0487 e. The minimum Gasteiger partial charge on any atom is -0.396 e. The molecule has 1 aliphatic carbocycles. The van der Waals surface area contributed by atoms with Crippen molar-refractivity contribution in [1.82, 2.24) is 0 Å². The molecular weight excluding hydrogens is 124 g/mol. The van der Waals surface area contributed by atoms with Crippen molar-refractivity contribution in [3.8, 4) is 0 Å². The van der Waals surface area contributed by atoms with Crippen molar-refractivity contribution in [3.05, 3.63) is 0 Å². The fraction of sp³-hybridized carbons (Fsp3) is 1.00. The Hall–Kier alpha value is -0.0400. The highest BCUT2D eigenvalue weighted by molar-refractivity contribution is 4.98. The van der Waals surface area contributed by atoms with Crippen molar-refractivity contribution in [2.75, 3.05) is 6.61 Å². The van der Waals surface area contributed by atoms with Gasteiger partial charge in [0.2, 0.25) is 0 Å². The molecule has 0 aromatic carbocycles. The Morgan fingerprint density at radius 3 is 2.50 bits per heavy atom. The molecule has 1 nitrogen and oxygen atoms in total. The second kappa shape index (κ2) is 2.54. The number of aliphatic hydroxyl groups excluding tert-OH is 1. The van der Waals surface area contributed by atoms with Crippen molar-refractivity contribution < 1.29 is 5.11 Å². The maximum atomic E-state index is 8.95. The summed E-state index contributed by atoms with van der Waals surface area (Å²) in [6.45, 7) is 7.05. The molecule has 0 saturated heterocycles. The normalized spacial score (nSPS) is 38.7. The largest absolute Gasteiger partial charge is 0.396 e. The Kier molecular flexibility index (Phi) is 2.04.